The lowest BCUT2D eigenvalue weighted by Crippen LogP contribution is -2.35. The molecule has 1 aromatic rings. The van der Waals surface area contributed by atoms with Gasteiger partial charge < -0.3 is 19.2 Å². The number of aryl methyl sites for hydroxylation is 1. The second-order valence-corrected chi connectivity index (χ2v) is 6.91. The quantitative estimate of drug-likeness (QED) is 0.793. The number of thioether (sulfide) groups is 1. The number of nitrogens with one attached hydrogen (secondary N) is 1. The van der Waals surface area contributed by atoms with Gasteiger partial charge in [0.05, 0.1) is 7.11 Å². The number of amides is 1. The van der Waals surface area contributed by atoms with E-state index in [-0.39, 0.29) is 11.6 Å². The van der Waals surface area contributed by atoms with Crippen LogP contribution in [0.25, 0.3) is 0 Å². The van der Waals surface area contributed by atoms with E-state index in [0.29, 0.717) is 12.2 Å². The maximum Gasteiger partial charge on any atom is 0.408 e. The average molecular weight is 344 g/mol. The van der Waals surface area contributed by atoms with Crippen LogP contribution in [0.3, 0.4) is 0 Å². The normalized spacial score (nSPS) is 12.6. The molecular weight excluding hydrogens is 320 g/mol. The van der Waals surface area contributed by atoms with Crippen molar-refractivity contribution in [3.63, 3.8) is 0 Å². The van der Waals surface area contributed by atoms with Crippen LogP contribution >= 0.6 is 11.8 Å². The Morgan fingerprint density at radius 1 is 1.39 bits per heavy atom. The van der Waals surface area contributed by atoms with Crippen molar-refractivity contribution in [1.82, 2.24) is 10.3 Å². The number of hydrogen-bond donors (Lipinski definition) is 1. The van der Waals surface area contributed by atoms with Gasteiger partial charge in [-0.1, -0.05) is 0 Å². The van der Waals surface area contributed by atoms with E-state index in [1.807, 2.05) is 6.26 Å². The first-order valence-electron chi connectivity index (χ1n) is 7.22. The maximum atomic E-state index is 12.0. The first kappa shape index (κ1) is 19.3. The SMILES string of the molecule is COC(=O)c1nc([C@H](CCSC)NC(=O)OC(C)(C)C)oc1C. The number of rotatable bonds is 6. The summed E-state index contributed by atoms with van der Waals surface area (Å²) in [6, 6.07) is -0.477. The van der Waals surface area contributed by atoms with Gasteiger partial charge in [-0.2, -0.15) is 11.8 Å². The summed E-state index contributed by atoms with van der Waals surface area (Å²) in [6.45, 7) is 6.98. The van der Waals surface area contributed by atoms with E-state index in [1.165, 1.54) is 7.11 Å². The van der Waals surface area contributed by atoms with Gasteiger partial charge in [-0.05, 0) is 46.1 Å². The van der Waals surface area contributed by atoms with Crippen molar-refractivity contribution in [1.29, 1.82) is 0 Å². The van der Waals surface area contributed by atoms with Crippen LogP contribution in [0.1, 0.15) is 55.4 Å². The maximum absolute atomic E-state index is 12.0. The lowest BCUT2D eigenvalue weighted by molar-refractivity contribution is 0.0493. The molecule has 0 aromatic carbocycles. The number of carbonyl (C=O) groups excluding carboxylic acids is 2. The fourth-order valence-electron chi connectivity index (χ4n) is 1.79. The monoisotopic (exact) mass is 344 g/mol. The van der Waals surface area contributed by atoms with Gasteiger partial charge in [0.1, 0.15) is 17.4 Å². The number of aromatic nitrogens is 1. The van der Waals surface area contributed by atoms with Crippen LogP contribution in [0.15, 0.2) is 4.42 Å². The summed E-state index contributed by atoms with van der Waals surface area (Å²) in [5.41, 5.74) is -0.486. The van der Waals surface area contributed by atoms with Crippen LogP contribution in [0.4, 0.5) is 4.79 Å². The predicted octanol–water partition coefficient (Wildman–Crippen LogP) is 3.09. The fraction of sp³-hybridized carbons (Fsp3) is 0.667. The smallest absolute Gasteiger partial charge is 0.408 e. The molecule has 0 unspecified atom stereocenters. The summed E-state index contributed by atoms with van der Waals surface area (Å²) < 4.78 is 15.5. The molecule has 0 aliphatic rings. The van der Waals surface area contributed by atoms with Gasteiger partial charge in [0.15, 0.2) is 5.69 Å². The number of carbonyl (C=O) groups is 2. The number of oxazole rings is 1. The molecule has 0 fully saturated rings. The number of esters is 1. The van der Waals surface area contributed by atoms with Crippen molar-refractivity contribution in [2.75, 3.05) is 19.1 Å². The van der Waals surface area contributed by atoms with Gasteiger partial charge >= 0.3 is 12.1 Å². The molecular formula is C15H24N2O5S. The summed E-state index contributed by atoms with van der Waals surface area (Å²) in [7, 11) is 1.28. The molecule has 0 saturated heterocycles. The lowest BCUT2D eigenvalue weighted by Gasteiger charge is -2.22. The third-order valence-electron chi connectivity index (χ3n) is 2.79. The van der Waals surface area contributed by atoms with E-state index < -0.39 is 23.7 Å². The summed E-state index contributed by atoms with van der Waals surface area (Å²) >= 11 is 1.63. The molecule has 0 aliphatic heterocycles. The zero-order chi connectivity index (χ0) is 17.6. The van der Waals surface area contributed by atoms with Crippen molar-refractivity contribution in [2.45, 2.75) is 45.8 Å². The summed E-state index contributed by atoms with van der Waals surface area (Å²) in [6.07, 6.45) is 2.01. The minimum atomic E-state index is -0.599. The zero-order valence-corrected chi connectivity index (χ0v) is 15.2. The second-order valence-electron chi connectivity index (χ2n) is 5.93. The molecule has 23 heavy (non-hydrogen) atoms. The van der Waals surface area contributed by atoms with Gasteiger partial charge in [0, 0.05) is 0 Å². The first-order chi connectivity index (χ1) is 10.7. The third kappa shape index (κ3) is 6.13. The molecule has 130 valence electrons. The van der Waals surface area contributed by atoms with Crippen molar-refractivity contribution < 1.29 is 23.5 Å². The molecule has 7 nitrogen and oxygen atoms in total. The van der Waals surface area contributed by atoms with E-state index in [9.17, 15) is 9.59 Å². The Labute approximate surface area is 140 Å². The molecule has 0 aliphatic carbocycles. The summed E-state index contributed by atoms with van der Waals surface area (Å²) in [5, 5.41) is 2.74. The van der Waals surface area contributed by atoms with Crippen LogP contribution in [-0.2, 0) is 9.47 Å². The molecule has 0 bridgehead atoms. The predicted molar refractivity (Wildman–Crippen MR) is 87.7 cm³/mol. The van der Waals surface area contributed by atoms with E-state index in [1.54, 1.807) is 39.5 Å². The lowest BCUT2D eigenvalue weighted by atomic mass is 10.2. The zero-order valence-electron chi connectivity index (χ0n) is 14.4. The Morgan fingerprint density at radius 2 is 2.04 bits per heavy atom. The summed E-state index contributed by atoms with van der Waals surface area (Å²) in [4.78, 5) is 27.8. The standard InChI is InChI=1S/C15H24N2O5S/c1-9-11(13(18)20-5)17-12(21-9)10(7-8-23-6)16-14(19)22-15(2,3)4/h10H,7-8H2,1-6H3,(H,16,19)/t10-/m0/s1. The van der Waals surface area contributed by atoms with E-state index in [2.05, 4.69) is 15.0 Å². The van der Waals surface area contributed by atoms with Crippen LogP contribution in [0, 0.1) is 6.92 Å². The largest absolute Gasteiger partial charge is 0.464 e. The Hall–Kier alpha value is -1.70. The summed E-state index contributed by atoms with van der Waals surface area (Å²) in [5.74, 6) is 0.836. The Kier molecular flexibility index (Phi) is 6.93. The van der Waals surface area contributed by atoms with Crippen LogP contribution in [0.2, 0.25) is 0 Å². The van der Waals surface area contributed by atoms with Crippen LogP contribution < -0.4 is 5.32 Å². The molecule has 1 N–H and O–H groups in total. The number of ether oxygens (including phenoxy) is 2. The van der Waals surface area contributed by atoms with Crippen LogP contribution in [0.5, 0.6) is 0 Å². The average Bonchev–Trinajstić information content (AvgIpc) is 2.82. The molecule has 1 aromatic heterocycles. The molecule has 1 amide bonds. The Morgan fingerprint density at radius 3 is 2.57 bits per heavy atom. The van der Waals surface area contributed by atoms with E-state index in [0.717, 1.165) is 5.75 Å². The molecule has 0 saturated carbocycles. The van der Waals surface area contributed by atoms with Crippen molar-refractivity contribution in [2.24, 2.45) is 0 Å². The highest BCUT2D eigenvalue weighted by Gasteiger charge is 2.26. The molecule has 1 rings (SSSR count). The fourth-order valence-corrected chi connectivity index (χ4v) is 2.27. The topological polar surface area (TPSA) is 90.7 Å². The molecule has 8 heteroatoms. The minimum absolute atomic E-state index is 0.114. The minimum Gasteiger partial charge on any atom is -0.464 e. The van der Waals surface area contributed by atoms with Gasteiger partial charge in [0.2, 0.25) is 5.89 Å². The highest BCUT2D eigenvalue weighted by atomic mass is 32.2. The van der Waals surface area contributed by atoms with Gasteiger partial charge in [-0.25, -0.2) is 14.6 Å². The van der Waals surface area contributed by atoms with Crippen LogP contribution in [-0.4, -0.2) is 41.8 Å². The van der Waals surface area contributed by atoms with Crippen molar-refractivity contribution >= 4 is 23.8 Å². The van der Waals surface area contributed by atoms with E-state index in [4.69, 9.17) is 9.15 Å². The number of methoxy groups -OCH3 is 1. The third-order valence-corrected chi connectivity index (χ3v) is 3.44. The molecule has 0 radical (unpaired) electrons. The van der Waals surface area contributed by atoms with Crippen molar-refractivity contribution in [3.05, 3.63) is 17.3 Å². The van der Waals surface area contributed by atoms with Gasteiger partial charge in [-0.3, -0.25) is 0 Å². The number of nitrogens with zero attached hydrogens (tertiary/aromatic N) is 1. The van der Waals surface area contributed by atoms with Gasteiger partial charge in [-0.15, -0.1) is 0 Å². The molecule has 0 spiro atoms. The molecule has 1 atom stereocenters. The highest BCUT2D eigenvalue weighted by Crippen LogP contribution is 2.22. The van der Waals surface area contributed by atoms with Crippen molar-refractivity contribution in [3.8, 4) is 0 Å². The van der Waals surface area contributed by atoms with Gasteiger partial charge in [0.25, 0.3) is 0 Å². The Bertz CT molecular complexity index is 551. The number of hydrogen-bond acceptors (Lipinski definition) is 7. The Balaban J connectivity index is 2.93. The molecule has 1 heterocycles. The van der Waals surface area contributed by atoms with E-state index >= 15 is 0 Å². The highest BCUT2D eigenvalue weighted by molar-refractivity contribution is 7.98. The second kappa shape index (κ2) is 8.24. The number of alkyl carbamates (subject to hydrolysis) is 1. The first-order valence-corrected chi connectivity index (χ1v) is 8.61.